The summed E-state index contributed by atoms with van der Waals surface area (Å²) < 4.78 is 4.98. The van der Waals surface area contributed by atoms with Crippen molar-refractivity contribution in [1.82, 2.24) is 0 Å². The summed E-state index contributed by atoms with van der Waals surface area (Å²) in [5.41, 5.74) is 0.915. The van der Waals surface area contributed by atoms with Crippen molar-refractivity contribution in [3.05, 3.63) is 59.7 Å². The number of hydrogen-bond donors (Lipinski definition) is 3. The normalized spacial score (nSPS) is 11.1. The van der Waals surface area contributed by atoms with Crippen molar-refractivity contribution in [2.24, 2.45) is 0 Å². The number of phenols is 3. The largest absolute Gasteiger partial charge is 0.504 e. The molecule has 0 bridgehead atoms. The molecule has 0 aliphatic heterocycles. The Hall–Kier alpha value is -3.54. The van der Waals surface area contributed by atoms with Crippen LogP contribution in [0.3, 0.4) is 0 Å². The summed E-state index contributed by atoms with van der Waals surface area (Å²) >= 11 is 0. The van der Waals surface area contributed by atoms with E-state index in [-0.39, 0.29) is 35.0 Å². The Labute approximate surface area is 150 Å². The number of hydrogen-bond acceptors (Lipinski definition) is 6. The SMILES string of the molecule is COc1cc(C=CC(=O)CC(=O)C=Cc2cccc(O)c2O)ccc1O. The van der Waals surface area contributed by atoms with Gasteiger partial charge in [0.25, 0.3) is 0 Å². The number of carbonyl (C=O) groups is 2. The number of phenolic OH excluding ortho intramolecular Hbond substituents is 3. The Morgan fingerprint density at radius 1 is 0.962 bits per heavy atom. The summed E-state index contributed by atoms with van der Waals surface area (Å²) in [5.74, 6) is -1.18. The van der Waals surface area contributed by atoms with Gasteiger partial charge in [0.15, 0.2) is 34.6 Å². The standard InChI is InChI=1S/C20H18O6/c1-26-19-11-13(6-10-17(19)23)5-8-15(21)12-16(22)9-7-14-3-2-4-18(24)20(14)25/h2-11,23-25H,12H2,1H3. The molecule has 2 rings (SSSR count). The quantitative estimate of drug-likeness (QED) is 0.401. The Bertz CT molecular complexity index is 880. The predicted molar refractivity (Wildman–Crippen MR) is 97.1 cm³/mol. The van der Waals surface area contributed by atoms with Crippen molar-refractivity contribution in [1.29, 1.82) is 0 Å². The Morgan fingerprint density at radius 2 is 1.65 bits per heavy atom. The number of carbonyl (C=O) groups excluding carboxylic acids is 2. The lowest BCUT2D eigenvalue weighted by Crippen LogP contribution is -2.01. The number of aromatic hydroxyl groups is 3. The van der Waals surface area contributed by atoms with Crippen LogP contribution < -0.4 is 4.74 Å². The first-order valence-corrected chi connectivity index (χ1v) is 7.70. The van der Waals surface area contributed by atoms with E-state index in [1.807, 2.05) is 0 Å². The smallest absolute Gasteiger partial charge is 0.164 e. The second-order valence-electron chi connectivity index (χ2n) is 5.42. The van der Waals surface area contributed by atoms with Gasteiger partial charge < -0.3 is 20.1 Å². The molecule has 2 aromatic rings. The van der Waals surface area contributed by atoms with Gasteiger partial charge in [0.1, 0.15) is 0 Å². The monoisotopic (exact) mass is 354 g/mol. The zero-order valence-corrected chi connectivity index (χ0v) is 14.0. The lowest BCUT2D eigenvalue weighted by atomic mass is 10.1. The first kappa shape index (κ1) is 18.8. The van der Waals surface area contributed by atoms with E-state index in [9.17, 15) is 24.9 Å². The molecule has 26 heavy (non-hydrogen) atoms. The van der Waals surface area contributed by atoms with E-state index in [1.54, 1.807) is 12.1 Å². The zero-order valence-electron chi connectivity index (χ0n) is 14.0. The highest BCUT2D eigenvalue weighted by Gasteiger charge is 2.06. The maximum absolute atomic E-state index is 11.9. The Morgan fingerprint density at radius 3 is 2.35 bits per heavy atom. The van der Waals surface area contributed by atoms with Crippen molar-refractivity contribution in [2.75, 3.05) is 7.11 Å². The van der Waals surface area contributed by atoms with Crippen molar-refractivity contribution in [3.63, 3.8) is 0 Å². The molecule has 0 amide bonds. The Balaban J connectivity index is 1.97. The summed E-state index contributed by atoms with van der Waals surface area (Å²) in [6.07, 6.45) is 4.95. The molecule has 134 valence electrons. The van der Waals surface area contributed by atoms with E-state index in [4.69, 9.17) is 4.74 Å². The highest BCUT2D eigenvalue weighted by Crippen LogP contribution is 2.29. The van der Waals surface area contributed by atoms with Crippen LogP contribution in [0.4, 0.5) is 0 Å². The average molecular weight is 354 g/mol. The highest BCUT2D eigenvalue weighted by molar-refractivity contribution is 6.11. The van der Waals surface area contributed by atoms with Crippen LogP contribution in [0.25, 0.3) is 12.2 Å². The van der Waals surface area contributed by atoms with Gasteiger partial charge in [-0.15, -0.1) is 0 Å². The topological polar surface area (TPSA) is 104 Å². The molecule has 3 N–H and O–H groups in total. The van der Waals surface area contributed by atoms with Gasteiger partial charge in [-0.1, -0.05) is 24.3 Å². The molecule has 0 atom stereocenters. The lowest BCUT2D eigenvalue weighted by molar-refractivity contribution is -0.121. The zero-order chi connectivity index (χ0) is 19.1. The fourth-order valence-electron chi connectivity index (χ4n) is 2.14. The van der Waals surface area contributed by atoms with Crippen LogP contribution in [0.1, 0.15) is 17.5 Å². The van der Waals surface area contributed by atoms with Crippen LogP contribution in [0.2, 0.25) is 0 Å². The average Bonchev–Trinajstić information content (AvgIpc) is 2.62. The van der Waals surface area contributed by atoms with E-state index in [2.05, 4.69) is 0 Å². The molecule has 0 heterocycles. The molecule has 0 radical (unpaired) electrons. The fraction of sp³-hybridized carbons (Fsp3) is 0.100. The number of methoxy groups -OCH3 is 1. The second-order valence-corrected chi connectivity index (χ2v) is 5.42. The summed E-state index contributed by atoms with van der Waals surface area (Å²) in [4.78, 5) is 23.7. The van der Waals surface area contributed by atoms with Gasteiger partial charge in [0.05, 0.1) is 13.5 Å². The molecule has 0 aliphatic carbocycles. The molecule has 0 unspecified atom stereocenters. The van der Waals surface area contributed by atoms with Gasteiger partial charge in [-0.05, 0) is 42.0 Å². The van der Waals surface area contributed by atoms with Crippen LogP contribution in [-0.2, 0) is 9.59 Å². The summed E-state index contributed by atoms with van der Waals surface area (Å²) in [7, 11) is 1.42. The van der Waals surface area contributed by atoms with Crippen molar-refractivity contribution < 1.29 is 29.6 Å². The van der Waals surface area contributed by atoms with Gasteiger partial charge in [-0.25, -0.2) is 0 Å². The molecule has 0 aromatic heterocycles. The number of para-hydroxylation sites is 1. The third-order valence-corrected chi connectivity index (χ3v) is 3.51. The molecular weight excluding hydrogens is 336 g/mol. The number of allylic oxidation sites excluding steroid dienone is 2. The van der Waals surface area contributed by atoms with Crippen molar-refractivity contribution in [2.45, 2.75) is 6.42 Å². The molecule has 6 nitrogen and oxygen atoms in total. The molecule has 2 aromatic carbocycles. The fourth-order valence-corrected chi connectivity index (χ4v) is 2.14. The Kier molecular flexibility index (Phi) is 6.16. The van der Waals surface area contributed by atoms with E-state index < -0.39 is 11.6 Å². The maximum atomic E-state index is 11.9. The molecule has 0 saturated carbocycles. The van der Waals surface area contributed by atoms with Gasteiger partial charge in [-0.3, -0.25) is 9.59 Å². The minimum absolute atomic E-state index is 0.00788. The van der Waals surface area contributed by atoms with E-state index in [0.717, 1.165) is 0 Å². The van der Waals surface area contributed by atoms with E-state index >= 15 is 0 Å². The molecule has 0 saturated heterocycles. The van der Waals surface area contributed by atoms with Crippen molar-refractivity contribution in [3.8, 4) is 23.0 Å². The molecule has 0 aliphatic rings. The first-order valence-electron chi connectivity index (χ1n) is 7.70. The third-order valence-electron chi connectivity index (χ3n) is 3.51. The minimum Gasteiger partial charge on any atom is -0.504 e. The lowest BCUT2D eigenvalue weighted by Gasteiger charge is -2.03. The van der Waals surface area contributed by atoms with Gasteiger partial charge in [-0.2, -0.15) is 0 Å². The molecule has 0 spiro atoms. The highest BCUT2D eigenvalue weighted by atomic mass is 16.5. The van der Waals surface area contributed by atoms with E-state index in [0.29, 0.717) is 5.56 Å². The summed E-state index contributed by atoms with van der Waals surface area (Å²) in [6, 6.07) is 8.98. The van der Waals surface area contributed by atoms with Crippen LogP contribution in [0.5, 0.6) is 23.0 Å². The van der Waals surface area contributed by atoms with Crippen LogP contribution in [0.15, 0.2) is 48.6 Å². The van der Waals surface area contributed by atoms with Crippen LogP contribution in [-0.4, -0.2) is 34.0 Å². The molecular formula is C20H18O6. The molecule has 6 heteroatoms. The van der Waals surface area contributed by atoms with Gasteiger partial charge in [0, 0.05) is 5.56 Å². The number of benzene rings is 2. The number of ether oxygens (including phenoxy) is 1. The number of ketones is 2. The third kappa shape index (κ3) is 4.98. The first-order chi connectivity index (χ1) is 12.4. The molecule has 0 fully saturated rings. The summed E-state index contributed by atoms with van der Waals surface area (Å²) in [6.45, 7) is 0. The van der Waals surface area contributed by atoms with Gasteiger partial charge >= 0.3 is 0 Å². The second kappa shape index (κ2) is 8.53. The van der Waals surface area contributed by atoms with Crippen molar-refractivity contribution >= 4 is 23.7 Å². The number of rotatable bonds is 7. The van der Waals surface area contributed by atoms with Crippen LogP contribution >= 0.6 is 0 Å². The predicted octanol–water partition coefficient (Wildman–Crippen LogP) is 3.07. The maximum Gasteiger partial charge on any atom is 0.164 e. The van der Waals surface area contributed by atoms with Crippen LogP contribution in [0, 0.1) is 0 Å². The summed E-state index contributed by atoms with van der Waals surface area (Å²) in [5, 5.41) is 28.6. The minimum atomic E-state index is -0.439. The van der Waals surface area contributed by atoms with E-state index in [1.165, 1.54) is 55.7 Å². The van der Waals surface area contributed by atoms with Gasteiger partial charge in [0.2, 0.25) is 0 Å².